The molecule has 5 nitrogen and oxygen atoms in total. The van der Waals surface area contributed by atoms with E-state index < -0.39 is 17.2 Å². The van der Waals surface area contributed by atoms with E-state index in [2.05, 4.69) is 15.9 Å². The van der Waals surface area contributed by atoms with Crippen LogP contribution < -0.4 is 0 Å². The van der Waals surface area contributed by atoms with E-state index in [-0.39, 0.29) is 24.4 Å². The molecule has 0 radical (unpaired) electrons. The van der Waals surface area contributed by atoms with E-state index in [9.17, 15) is 9.59 Å². The molecule has 0 rings (SSSR count). The van der Waals surface area contributed by atoms with E-state index in [4.69, 9.17) is 9.47 Å². The quantitative estimate of drug-likeness (QED) is 0.452. The van der Waals surface area contributed by atoms with Crippen molar-refractivity contribution in [2.75, 3.05) is 18.4 Å². The fourth-order valence-electron chi connectivity index (χ4n) is 2.29. The Kier molecular flexibility index (Phi) is 9.51. The van der Waals surface area contributed by atoms with Crippen LogP contribution in [0.1, 0.15) is 61.8 Å². The fourth-order valence-corrected chi connectivity index (χ4v) is 2.75. The van der Waals surface area contributed by atoms with Gasteiger partial charge in [0.25, 0.3) is 0 Å². The third-order valence-corrected chi connectivity index (χ3v) is 3.70. The molecule has 0 aromatic heterocycles. The van der Waals surface area contributed by atoms with Gasteiger partial charge in [0.15, 0.2) is 0 Å². The molecule has 0 saturated carbocycles. The van der Waals surface area contributed by atoms with Gasteiger partial charge in [-0.25, -0.2) is 0 Å². The van der Waals surface area contributed by atoms with E-state index in [0.717, 1.165) is 6.42 Å². The summed E-state index contributed by atoms with van der Waals surface area (Å²) < 4.78 is 11.0. The molecule has 0 aliphatic carbocycles. The summed E-state index contributed by atoms with van der Waals surface area (Å²) >= 11 is 3.41. The molecule has 0 aliphatic heterocycles. The summed E-state index contributed by atoms with van der Waals surface area (Å²) in [6.07, 6.45) is 0.816. The van der Waals surface area contributed by atoms with E-state index in [1.54, 1.807) is 0 Å². The first-order valence-electron chi connectivity index (χ1n) is 8.55. The number of ether oxygens (including phenoxy) is 2. The van der Waals surface area contributed by atoms with Crippen LogP contribution in [0.2, 0.25) is 0 Å². The molecule has 1 unspecified atom stereocenters. The third-order valence-electron chi connectivity index (χ3n) is 3.35. The lowest BCUT2D eigenvalue weighted by molar-refractivity contribution is -0.166. The van der Waals surface area contributed by atoms with Gasteiger partial charge in [0, 0.05) is 11.9 Å². The van der Waals surface area contributed by atoms with Crippen LogP contribution in [0.25, 0.3) is 0 Å². The van der Waals surface area contributed by atoms with Crippen molar-refractivity contribution < 1.29 is 19.1 Å². The maximum absolute atomic E-state index is 12.7. The first-order valence-corrected chi connectivity index (χ1v) is 9.67. The third kappa shape index (κ3) is 9.62. The van der Waals surface area contributed by atoms with Gasteiger partial charge in [0.2, 0.25) is 0 Å². The van der Waals surface area contributed by atoms with Crippen molar-refractivity contribution in [1.82, 2.24) is 4.90 Å². The molecular weight excluding hydrogens is 374 g/mol. The highest BCUT2D eigenvalue weighted by Gasteiger charge is 2.35. The molecule has 142 valence electrons. The second-order valence-electron chi connectivity index (χ2n) is 8.11. The van der Waals surface area contributed by atoms with Gasteiger partial charge in [0.05, 0.1) is 6.54 Å². The summed E-state index contributed by atoms with van der Waals surface area (Å²) in [4.78, 5) is 26.8. The molecule has 24 heavy (non-hydrogen) atoms. The van der Waals surface area contributed by atoms with Gasteiger partial charge in [-0.2, -0.15) is 0 Å². The number of esters is 2. The van der Waals surface area contributed by atoms with Crippen molar-refractivity contribution in [2.24, 2.45) is 5.92 Å². The number of nitrogens with zero attached hydrogens (tertiary/aromatic N) is 1. The zero-order chi connectivity index (χ0) is 19.1. The van der Waals surface area contributed by atoms with E-state index >= 15 is 0 Å². The molecule has 0 aromatic rings. The molecule has 0 amide bonds. The Hall–Kier alpha value is -0.620. The van der Waals surface area contributed by atoms with Gasteiger partial charge in [-0.15, -0.1) is 0 Å². The Balaban J connectivity index is 5.32. The number of hydrogen-bond acceptors (Lipinski definition) is 5. The monoisotopic (exact) mass is 407 g/mol. The summed E-state index contributed by atoms with van der Waals surface area (Å²) in [6.45, 7) is 15.7. The zero-order valence-corrected chi connectivity index (χ0v) is 18.0. The molecule has 0 heterocycles. The van der Waals surface area contributed by atoms with E-state index in [0.29, 0.717) is 11.9 Å². The Labute approximate surface area is 155 Å². The largest absolute Gasteiger partial charge is 0.459 e. The van der Waals surface area contributed by atoms with Crippen LogP contribution >= 0.6 is 15.9 Å². The number of hydrogen-bond donors (Lipinski definition) is 0. The predicted molar refractivity (Wildman–Crippen MR) is 100 cm³/mol. The maximum atomic E-state index is 12.7. The lowest BCUT2D eigenvalue weighted by atomic mass is 9.97. The summed E-state index contributed by atoms with van der Waals surface area (Å²) in [5.74, 6) is -0.553. The lowest BCUT2D eigenvalue weighted by Gasteiger charge is -2.35. The Morgan fingerprint density at radius 3 is 1.92 bits per heavy atom. The molecular formula is C18H34BrNO4. The van der Waals surface area contributed by atoms with Crippen LogP contribution in [0.5, 0.6) is 0 Å². The minimum atomic E-state index is -0.561. The van der Waals surface area contributed by atoms with E-state index in [1.165, 1.54) is 0 Å². The molecule has 0 spiro atoms. The molecule has 0 aromatic carbocycles. The Morgan fingerprint density at radius 2 is 1.54 bits per heavy atom. The average Bonchev–Trinajstić information content (AvgIpc) is 2.34. The van der Waals surface area contributed by atoms with Crippen molar-refractivity contribution in [3.05, 3.63) is 0 Å². The molecule has 0 bridgehead atoms. The molecule has 0 fully saturated rings. The lowest BCUT2D eigenvalue weighted by Crippen LogP contribution is -2.51. The highest BCUT2D eigenvalue weighted by Crippen LogP contribution is 2.20. The maximum Gasteiger partial charge on any atom is 0.324 e. The Bertz CT molecular complexity index is 412. The predicted octanol–water partition coefficient (Wildman–Crippen LogP) is 3.78. The second-order valence-corrected chi connectivity index (χ2v) is 8.90. The van der Waals surface area contributed by atoms with Crippen LogP contribution in [0.4, 0.5) is 0 Å². The molecule has 6 heteroatoms. The van der Waals surface area contributed by atoms with Crippen LogP contribution in [0.3, 0.4) is 0 Å². The zero-order valence-electron chi connectivity index (χ0n) is 16.4. The smallest absolute Gasteiger partial charge is 0.324 e. The summed E-state index contributed by atoms with van der Waals surface area (Å²) in [7, 11) is 0. The molecule has 0 aliphatic rings. The standard InChI is InChI=1S/C18H34BrNO4/c1-9-13(2)15(16(22)24-18(6,7)8)20(11-10-19)12-14(21)23-17(3,4)5/h13,15H,9-12H2,1-8H3/t13-,15?/m0/s1. The summed E-state index contributed by atoms with van der Waals surface area (Å²) in [6, 6.07) is -0.473. The number of carbonyl (C=O) groups excluding carboxylic acids is 2. The van der Waals surface area contributed by atoms with Gasteiger partial charge in [0.1, 0.15) is 17.2 Å². The highest BCUT2D eigenvalue weighted by molar-refractivity contribution is 9.09. The Morgan fingerprint density at radius 1 is 1.04 bits per heavy atom. The van der Waals surface area contributed by atoms with Crippen molar-refractivity contribution in [1.29, 1.82) is 0 Å². The number of halogens is 1. The van der Waals surface area contributed by atoms with Gasteiger partial charge >= 0.3 is 11.9 Å². The van der Waals surface area contributed by atoms with Crippen molar-refractivity contribution in [2.45, 2.75) is 79.1 Å². The normalized spacial score (nSPS) is 15.1. The summed E-state index contributed by atoms with van der Waals surface area (Å²) in [5, 5.41) is 0.658. The van der Waals surface area contributed by atoms with Crippen molar-refractivity contribution >= 4 is 27.9 Å². The van der Waals surface area contributed by atoms with E-state index in [1.807, 2.05) is 60.3 Å². The minimum absolute atomic E-state index is 0.0666. The first-order chi connectivity index (χ1) is 10.8. The highest BCUT2D eigenvalue weighted by atomic mass is 79.9. The van der Waals surface area contributed by atoms with Gasteiger partial charge in [-0.3, -0.25) is 14.5 Å². The van der Waals surface area contributed by atoms with Gasteiger partial charge in [-0.1, -0.05) is 36.2 Å². The number of rotatable bonds is 8. The second kappa shape index (κ2) is 9.76. The molecule has 0 N–H and O–H groups in total. The van der Waals surface area contributed by atoms with Gasteiger partial charge < -0.3 is 9.47 Å². The van der Waals surface area contributed by atoms with Crippen LogP contribution in [-0.2, 0) is 19.1 Å². The van der Waals surface area contributed by atoms with Crippen molar-refractivity contribution in [3.63, 3.8) is 0 Å². The summed E-state index contributed by atoms with van der Waals surface area (Å²) in [5.41, 5.74) is -1.11. The SMILES string of the molecule is CC[C@H](C)C(C(=O)OC(C)(C)C)N(CCBr)CC(=O)OC(C)(C)C. The fraction of sp³-hybridized carbons (Fsp3) is 0.889. The number of carbonyl (C=O) groups is 2. The van der Waals surface area contributed by atoms with Crippen LogP contribution in [-0.4, -0.2) is 52.5 Å². The topological polar surface area (TPSA) is 55.8 Å². The average molecular weight is 408 g/mol. The first kappa shape index (κ1) is 23.4. The van der Waals surface area contributed by atoms with Crippen molar-refractivity contribution in [3.8, 4) is 0 Å². The van der Waals surface area contributed by atoms with Crippen LogP contribution in [0, 0.1) is 5.92 Å². The molecule has 0 saturated heterocycles. The molecule has 2 atom stereocenters. The van der Waals surface area contributed by atoms with Gasteiger partial charge in [-0.05, 0) is 47.5 Å². The number of alkyl halides is 1. The van der Waals surface area contributed by atoms with Crippen LogP contribution in [0.15, 0.2) is 0 Å². The minimum Gasteiger partial charge on any atom is -0.459 e.